The van der Waals surface area contributed by atoms with Crippen LogP contribution in [0.2, 0.25) is 0 Å². The van der Waals surface area contributed by atoms with Gasteiger partial charge in [0.25, 0.3) is 5.91 Å². The Morgan fingerprint density at radius 1 is 1.15 bits per heavy atom. The fourth-order valence-electron chi connectivity index (χ4n) is 1.99. The summed E-state index contributed by atoms with van der Waals surface area (Å²) >= 11 is 0. The molecule has 0 radical (unpaired) electrons. The fourth-order valence-corrected chi connectivity index (χ4v) is 1.99. The molecule has 0 saturated carbocycles. The number of rotatable bonds is 6. The van der Waals surface area contributed by atoms with Gasteiger partial charge in [-0.2, -0.15) is 5.26 Å². The van der Waals surface area contributed by atoms with Crippen molar-refractivity contribution < 1.29 is 23.5 Å². The molecule has 0 saturated heterocycles. The van der Waals surface area contributed by atoms with E-state index < -0.39 is 24.4 Å². The van der Waals surface area contributed by atoms with Crippen molar-refractivity contribution in [2.45, 2.75) is 6.92 Å². The summed E-state index contributed by atoms with van der Waals surface area (Å²) in [7, 11) is 0. The second kappa shape index (κ2) is 9.03. The van der Waals surface area contributed by atoms with E-state index >= 15 is 0 Å². The molecule has 0 unspecified atom stereocenters. The Kier molecular flexibility index (Phi) is 6.51. The second-order valence-corrected chi connectivity index (χ2v) is 4.98. The van der Waals surface area contributed by atoms with Crippen molar-refractivity contribution in [3.8, 4) is 17.6 Å². The van der Waals surface area contributed by atoms with E-state index in [0.717, 1.165) is 0 Å². The third-order valence-electron chi connectivity index (χ3n) is 3.11. The van der Waals surface area contributed by atoms with Crippen molar-refractivity contribution in [2.75, 3.05) is 18.5 Å². The van der Waals surface area contributed by atoms with Crippen LogP contribution >= 0.6 is 0 Å². The number of para-hydroxylation sites is 1. The van der Waals surface area contributed by atoms with Crippen molar-refractivity contribution in [1.82, 2.24) is 5.32 Å². The molecule has 0 aliphatic carbocycles. The van der Waals surface area contributed by atoms with Crippen LogP contribution in [0.1, 0.15) is 12.5 Å². The van der Waals surface area contributed by atoms with Crippen LogP contribution in [-0.4, -0.2) is 25.2 Å². The van der Waals surface area contributed by atoms with Crippen molar-refractivity contribution in [2.24, 2.45) is 0 Å². The van der Waals surface area contributed by atoms with Crippen molar-refractivity contribution in [1.29, 1.82) is 5.26 Å². The highest BCUT2D eigenvalue weighted by Gasteiger charge is 2.13. The number of ether oxygens (including phenoxy) is 2. The molecule has 8 heteroatoms. The second-order valence-electron chi connectivity index (χ2n) is 4.98. The minimum absolute atomic E-state index is 0.0514. The number of anilines is 1. The van der Waals surface area contributed by atoms with Crippen molar-refractivity contribution >= 4 is 17.6 Å². The first-order chi connectivity index (χ1) is 12.5. The van der Waals surface area contributed by atoms with Crippen LogP contribution in [0.15, 0.2) is 42.5 Å². The Morgan fingerprint density at radius 3 is 2.62 bits per heavy atom. The van der Waals surface area contributed by atoms with Crippen LogP contribution in [0.25, 0.3) is 0 Å². The lowest BCUT2D eigenvalue weighted by molar-refractivity contribution is -0.121. The molecule has 0 heterocycles. The van der Waals surface area contributed by atoms with Gasteiger partial charge in [-0.3, -0.25) is 10.1 Å². The van der Waals surface area contributed by atoms with Gasteiger partial charge < -0.3 is 14.8 Å². The molecular formula is C18H16FN3O4. The zero-order chi connectivity index (χ0) is 18.9. The van der Waals surface area contributed by atoms with Gasteiger partial charge in [0.05, 0.1) is 23.9 Å². The molecule has 0 bridgehead atoms. The Hall–Kier alpha value is -3.60. The maximum absolute atomic E-state index is 13.4. The van der Waals surface area contributed by atoms with Crippen LogP contribution in [0.4, 0.5) is 14.9 Å². The summed E-state index contributed by atoms with van der Waals surface area (Å²) in [6.45, 7) is 1.65. The van der Waals surface area contributed by atoms with Gasteiger partial charge in [0.15, 0.2) is 18.1 Å². The van der Waals surface area contributed by atoms with Gasteiger partial charge in [-0.25, -0.2) is 9.18 Å². The molecule has 134 valence electrons. The number of imide groups is 1. The number of urea groups is 1. The predicted molar refractivity (Wildman–Crippen MR) is 91.4 cm³/mol. The van der Waals surface area contributed by atoms with Crippen LogP contribution in [0, 0.1) is 17.1 Å². The summed E-state index contributed by atoms with van der Waals surface area (Å²) in [5.41, 5.74) is 0.332. The van der Waals surface area contributed by atoms with Crippen LogP contribution in [-0.2, 0) is 4.79 Å². The minimum Gasteiger partial charge on any atom is -0.490 e. The van der Waals surface area contributed by atoms with E-state index in [2.05, 4.69) is 5.32 Å². The smallest absolute Gasteiger partial charge is 0.326 e. The summed E-state index contributed by atoms with van der Waals surface area (Å²) in [6.07, 6.45) is 0. The van der Waals surface area contributed by atoms with Gasteiger partial charge in [0.1, 0.15) is 5.82 Å². The number of hydrogen-bond acceptors (Lipinski definition) is 5. The maximum Gasteiger partial charge on any atom is 0.326 e. The molecule has 0 aliphatic heterocycles. The number of hydrogen-bond donors (Lipinski definition) is 2. The van der Waals surface area contributed by atoms with Gasteiger partial charge in [-0.15, -0.1) is 0 Å². The number of carbonyl (C=O) groups excluding carboxylic acids is 2. The average Bonchev–Trinajstić information content (AvgIpc) is 2.62. The highest BCUT2D eigenvalue weighted by Crippen LogP contribution is 2.28. The maximum atomic E-state index is 13.4. The summed E-state index contributed by atoms with van der Waals surface area (Å²) in [5.74, 6) is -0.776. The quantitative estimate of drug-likeness (QED) is 0.828. The zero-order valence-corrected chi connectivity index (χ0v) is 13.9. The monoisotopic (exact) mass is 357 g/mol. The highest BCUT2D eigenvalue weighted by atomic mass is 19.1. The van der Waals surface area contributed by atoms with E-state index in [1.807, 2.05) is 11.4 Å². The fraction of sp³-hybridized carbons (Fsp3) is 0.167. The SMILES string of the molecule is CCOc1cc(C#N)ccc1OCC(=O)NC(=O)Nc1ccccc1F. The molecule has 26 heavy (non-hydrogen) atoms. The molecule has 0 spiro atoms. The lowest BCUT2D eigenvalue weighted by Gasteiger charge is -2.12. The predicted octanol–water partition coefficient (Wildman–Crippen LogP) is 2.82. The number of nitrogens with one attached hydrogen (secondary N) is 2. The van der Waals surface area contributed by atoms with E-state index in [1.54, 1.807) is 13.0 Å². The summed E-state index contributed by atoms with van der Waals surface area (Å²) in [4.78, 5) is 23.5. The van der Waals surface area contributed by atoms with Crippen LogP contribution in [0.5, 0.6) is 11.5 Å². The summed E-state index contributed by atoms with van der Waals surface area (Å²) in [6, 6.07) is 11.2. The number of amides is 3. The van der Waals surface area contributed by atoms with Gasteiger partial charge in [0, 0.05) is 6.07 Å². The number of nitriles is 1. The third kappa shape index (κ3) is 5.21. The third-order valence-corrected chi connectivity index (χ3v) is 3.11. The molecule has 2 aromatic carbocycles. The molecule has 2 aromatic rings. The average molecular weight is 357 g/mol. The molecule has 2 N–H and O–H groups in total. The lowest BCUT2D eigenvalue weighted by Crippen LogP contribution is -2.37. The number of halogens is 1. The zero-order valence-electron chi connectivity index (χ0n) is 13.9. The normalized spacial score (nSPS) is 9.73. The van der Waals surface area contributed by atoms with E-state index in [-0.39, 0.29) is 11.4 Å². The molecule has 7 nitrogen and oxygen atoms in total. The Labute approximate surface area is 149 Å². The van der Waals surface area contributed by atoms with Crippen molar-refractivity contribution in [3.05, 3.63) is 53.8 Å². The number of benzene rings is 2. The Morgan fingerprint density at radius 2 is 1.92 bits per heavy atom. The minimum atomic E-state index is -0.881. The Bertz CT molecular complexity index is 849. The van der Waals surface area contributed by atoms with Crippen LogP contribution < -0.4 is 20.1 Å². The Balaban J connectivity index is 1.91. The topological polar surface area (TPSA) is 100 Å². The van der Waals surface area contributed by atoms with E-state index in [0.29, 0.717) is 17.9 Å². The first-order valence-corrected chi connectivity index (χ1v) is 7.68. The molecule has 3 amide bonds. The summed E-state index contributed by atoms with van der Waals surface area (Å²) in [5, 5.41) is 13.1. The molecular weight excluding hydrogens is 341 g/mol. The van der Waals surface area contributed by atoms with Gasteiger partial charge >= 0.3 is 6.03 Å². The number of nitrogens with zero attached hydrogens (tertiary/aromatic N) is 1. The largest absolute Gasteiger partial charge is 0.490 e. The standard InChI is InChI=1S/C18H16FN3O4/c1-2-25-16-9-12(10-20)7-8-15(16)26-11-17(23)22-18(24)21-14-6-4-3-5-13(14)19/h3-9H,2,11H2,1H3,(H2,21,22,23,24). The molecule has 0 aliphatic rings. The van der Waals surface area contributed by atoms with E-state index in [1.165, 1.54) is 36.4 Å². The van der Waals surface area contributed by atoms with Gasteiger partial charge in [-0.05, 0) is 31.2 Å². The molecule has 0 atom stereocenters. The van der Waals surface area contributed by atoms with Gasteiger partial charge in [0.2, 0.25) is 0 Å². The van der Waals surface area contributed by atoms with Gasteiger partial charge in [-0.1, -0.05) is 12.1 Å². The van der Waals surface area contributed by atoms with Crippen LogP contribution in [0.3, 0.4) is 0 Å². The molecule has 2 rings (SSSR count). The molecule has 0 aromatic heterocycles. The lowest BCUT2D eigenvalue weighted by atomic mass is 10.2. The summed E-state index contributed by atoms with van der Waals surface area (Å²) < 4.78 is 24.1. The highest BCUT2D eigenvalue weighted by molar-refractivity contribution is 6.01. The first-order valence-electron chi connectivity index (χ1n) is 7.68. The molecule has 0 fully saturated rings. The first kappa shape index (κ1) is 18.7. The number of carbonyl (C=O) groups is 2. The van der Waals surface area contributed by atoms with Crippen molar-refractivity contribution in [3.63, 3.8) is 0 Å². The van der Waals surface area contributed by atoms with E-state index in [9.17, 15) is 14.0 Å². The van der Waals surface area contributed by atoms with E-state index in [4.69, 9.17) is 14.7 Å².